The molecule has 0 radical (unpaired) electrons. The van der Waals surface area contributed by atoms with Gasteiger partial charge < -0.3 is 24.5 Å². The molecule has 1 aliphatic heterocycles. The van der Waals surface area contributed by atoms with Crippen LogP contribution < -0.4 is 10.4 Å². The van der Waals surface area contributed by atoms with Gasteiger partial charge in [0.1, 0.15) is 40.4 Å². The van der Waals surface area contributed by atoms with Crippen molar-refractivity contribution >= 4 is 5.78 Å². The van der Waals surface area contributed by atoms with Crippen molar-refractivity contribution in [3.8, 4) is 23.0 Å². The molecule has 31 heavy (non-hydrogen) atoms. The Morgan fingerprint density at radius 3 is 2.42 bits per heavy atom. The second kappa shape index (κ2) is 7.83. The lowest BCUT2D eigenvalue weighted by Gasteiger charge is -2.27. The Bertz CT molecular complexity index is 1230. The number of aromatic hydroxyl groups is 3. The quantitative estimate of drug-likeness (QED) is 0.583. The lowest BCUT2D eigenvalue weighted by atomic mass is 9.92. The molecule has 7 nitrogen and oxygen atoms in total. The van der Waals surface area contributed by atoms with Gasteiger partial charge in [0.05, 0.1) is 12.0 Å². The number of hydrogen-bond donors (Lipinski definition) is 3. The topological polar surface area (TPSA) is 117 Å². The summed E-state index contributed by atoms with van der Waals surface area (Å²) in [7, 11) is 0. The third-order valence-electron chi connectivity index (χ3n) is 5.63. The monoisotopic (exact) mass is 422 g/mol. The largest absolute Gasteiger partial charge is 0.507 e. The first-order chi connectivity index (χ1) is 14.8. The summed E-state index contributed by atoms with van der Waals surface area (Å²) in [6.45, 7) is 3.41. The molecule has 1 aromatic heterocycles. The molecule has 0 fully saturated rings. The fraction of sp³-hybridized carbons (Fsp3) is 0.250. The molecule has 1 unspecified atom stereocenters. The lowest BCUT2D eigenvalue weighted by Crippen LogP contribution is -2.21. The number of fused-ring (bicyclic) bond motifs is 1. The maximum absolute atomic E-state index is 12.8. The minimum absolute atomic E-state index is 0.0203. The van der Waals surface area contributed by atoms with Gasteiger partial charge in [-0.2, -0.15) is 0 Å². The first kappa shape index (κ1) is 20.5. The summed E-state index contributed by atoms with van der Waals surface area (Å²) < 4.78 is 11.1. The average molecular weight is 422 g/mol. The van der Waals surface area contributed by atoms with Crippen molar-refractivity contribution < 1.29 is 29.3 Å². The second-order valence-electron chi connectivity index (χ2n) is 7.54. The Morgan fingerprint density at radius 1 is 1.03 bits per heavy atom. The third-order valence-corrected chi connectivity index (χ3v) is 5.63. The van der Waals surface area contributed by atoms with Crippen molar-refractivity contribution in [1.29, 1.82) is 0 Å². The van der Waals surface area contributed by atoms with Crippen molar-refractivity contribution in [3.05, 3.63) is 80.4 Å². The molecule has 0 aliphatic carbocycles. The maximum Gasteiger partial charge on any atom is 0.343 e. The van der Waals surface area contributed by atoms with Crippen LogP contribution in [-0.2, 0) is 12.8 Å². The SMILES string of the molecule is CCc1oc(=O)c(Cc2c(O)cc3c(c2O)C(=O)CC(c2ccccc2)O3)c(O)c1C. The molecule has 0 amide bonds. The minimum Gasteiger partial charge on any atom is -0.507 e. The van der Waals surface area contributed by atoms with Gasteiger partial charge in [-0.1, -0.05) is 37.3 Å². The van der Waals surface area contributed by atoms with Crippen LogP contribution in [-0.4, -0.2) is 21.1 Å². The first-order valence-electron chi connectivity index (χ1n) is 9.98. The molecule has 2 heterocycles. The van der Waals surface area contributed by atoms with E-state index in [1.807, 2.05) is 30.3 Å². The van der Waals surface area contributed by atoms with Crippen LogP contribution in [0, 0.1) is 6.92 Å². The molecule has 3 N–H and O–H groups in total. The van der Waals surface area contributed by atoms with E-state index in [4.69, 9.17) is 9.15 Å². The summed E-state index contributed by atoms with van der Waals surface area (Å²) in [5.74, 6) is -0.992. The molecule has 1 atom stereocenters. The summed E-state index contributed by atoms with van der Waals surface area (Å²) in [5.41, 5.74) is 0.248. The van der Waals surface area contributed by atoms with Gasteiger partial charge in [-0.25, -0.2) is 4.79 Å². The smallest absolute Gasteiger partial charge is 0.343 e. The van der Waals surface area contributed by atoms with E-state index in [0.717, 1.165) is 5.56 Å². The highest BCUT2D eigenvalue weighted by Gasteiger charge is 2.33. The Morgan fingerprint density at radius 2 is 1.74 bits per heavy atom. The number of rotatable bonds is 4. The van der Waals surface area contributed by atoms with Crippen LogP contribution in [0.2, 0.25) is 0 Å². The van der Waals surface area contributed by atoms with Gasteiger partial charge in [-0.3, -0.25) is 4.79 Å². The zero-order chi connectivity index (χ0) is 22.3. The number of hydrogen-bond acceptors (Lipinski definition) is 7. The van der Waals surface area contributed by atoms with E-state index >= 15 is 0 Å². The number of carbonyl (C=O) groups excluding carboxylic acids is 1. The number of benzene rings is 2. The molecular weight excluding hydrogens is 400 g/mol. The van der Waals surface area contributed by atoms with Crippen LogP contribution in [0.15, 0.2) is 45.6 Å². The van der Waals surface area contributed by atoms with E-state index < -0.39 is 17.5 Å². The maximum atomic E-state index is 12.8. The summed E-state index contributed by atoms with van der Waals surface area (Å²) in [6.07, 6.45) is -0.393. The Balaban J connectivity index is 1.75. The number of aryl methyl sites for hydroxylation is 1. The van der Waals surface area contributed by atoms with Crippen molar-refractivity contribution in [2.75, 3.05) is 0 Å². The van der Waals surface area contributed by atoms with Gasteiger partial charge in [0.25, 0.3) is 0 Å². The standard InChI is InChI=1S/C24H22O7/c1-3-18-12(2)22(27)15(24(29)31-18)9-14-16(25)10-20-21(23(14)28)17(26)11-19(30-20)13-7-5-4-6-8-13/h4-8,10,19,25,27-28H,3,9,11H2,1-2H3. The van der Waals surface area contributed by atoms with Crippen LogP contribution in [0.25, 0.3) is 0 Å². The Kier molecular flexibility index (Phi) is 5.19. The minimum atomic E-state index is -0.761. The van der Waals surface area contributed by atoms with Crippen molar-refractivity contribution in [2.24, 2.45) is 0 Å². The van der Waals surface area contributed by atoms with Crippen molar-refractivity contribution in [1.82, 2.24) is 0 Å². The third kappa shape index (κ3) is 3.52. The zero-order valence-electron chi connectivity index (χ0n) is 17.1. The molecule has 2 aromatic carbocycles. The average Bonchev–Trinajstić information content (AvgIpc) is 2.75. The fourth-order valence-corrected chi connectivity index (χ4v) is 3.90. The number of ketones is 1. The second-order valence-corrected chi connectivity index (χ2v) is 7.54. The van der Waals surface area contributed by atoms with E-state index in [2.05, 4.69) is 0 Å². The highest BCUT2D eigenvalue weighted by atomic mass is 16.5. The molecule has 0 saturated carbocycles. The van der Waals surface area contributed by atoms with Gasteiger partial charge >= 0.3 is 5.63 Å². The highest BCUT2D eigenvalue weighted by molar-refractivity contribution is 6.03. The van der Waals surface area contributed by atoms with E-state index in [-0.39, 0.29) is 52.6 Å². The van der Waals surface area contributed by atoms with Gasteiger partial charge in [0.15, 0.2) is 5.78 Å². The normalized spacial score (nSPS) is 15.4. The van der Waals surface area contributed by atoms with E-state index in [1.54, 1.807) is 13.8 Å². The molecule has 7 heteroatoms. The molecule has 1 aliphatic rings. The number of ether oxygens (including phenoxy) is 1. The molecule has 0 spiro atoms. The van der Waals surface area contributed by atoms with Gasteiger partial charge in [0.2, 0.25) is 0 Å². The first-order valence-corrected chi connectivity index (χ1v) is 9.98. The van der Waals surface area contributed by atoms with Crippen molar-refractivity contribution in [3.63, 3.8) is 0 Å². The zero-order valence-corrected chi connectivity index (χ0v) is 17.1. The Hall–Kier alpha value is -3.74. The van der Waals surface area contributed by atoms with Crippen LogP contribution in [0.5, 0.6) is 23.0 Å². The summed E-state index contributed by atoms with van der Waals surface area (Å²) in [5, 5.41) is 31.8. The number of carbonyl (C=O) groups is 1. The van der Waals surface area contributed by atoms with Crippen LogP contribution >= 0.6 is 0 Å². The summed E-state index contributed by atoms with van der Waals surface area (Å²) in [4.78, 5) is 25.2. The lowest BCUT2D eigenvalue weighted by molar-refractivity contribution is 0.0844. The number of phenolic OH excluding ortho intramolecular Hbond substituents is 2. The molecule has 0 bridgehead atoms. The summed E-state index contributed by atoms with van der Waals surface area (Å²) in [6, 6.07) is 10.4. The van der Waals surface area contributed by atoms with E-state index in [9.17, 15) is 24.9 Å². The predicted molar refractivity (Wildman–Crippen MR) is 112 cm³/mol. The number of Topliss-reactive ketones (excluding diaryl/α,β-unsaturated/α-hetero) is 1. The van der Waals surface area contributed by atoms with Crippen molar-refractivity contribution in [2.45, 2.75) is 39.2 Å². The van der Waals surface area contributed by atoms with Crippen LogP contribution in [0.3, 0.4) is 0 Å². The highest BCUT2D eigenvalue weighted by Crippen LogP contribution is 2.45. The number of phenols is 2. The molecule has 3 aromatic rings. The molecule has 4 rings (SSSR count). The van der Waals surface area contributed by atoms with E-state index in [0.29, 0.717) is 17.7 Å². The molecule has 160 valence electrons. The van der Waals surface area contributed by atoms with Gasteiger partial charge in [0, 0.05) is 30.0 Å². The van der Waals surface area contributed by atoms with Gasteiger partial charge in [-0.15, -0.1) is 0 Å². The predicted octanol–water partition coefficient (Wildman–Crippen LogP) is 3.92. The molecular formula is C24H22O7. The summed E-state index contributed by atoms with van der Waals surface area (Å²) >= 11 is 0. The van der Waals surface area contributed by atoms with Crippen LogP contribution in [0.1, 0.15) is 57.8 Å². The Labute approximate surface area is 178 Å². The fourth-order valence-electron chi connectivity index (χ4n) is 3.90. The van der Waals surface area contributed by atoms with Crippen LogP contribution in [0.4, 0.5) is 0 Å². The molecule has 0 saturated heterocycles. The van der Waals surface area contributed by atoms with E-state index in [1.165, 1.54) is 6.07 Å². The van der Waals surface area contributed by atoms with Gasteiger partial charge in [-0.05, 0) is 12.5 Å².